The maximum atomic E-state index is 12.4. The van der Waals surface area contributed by atoms with Gasteiger partial charge in [0.2, 0.25) is 10.0 Å². The van der Waals surface area contributed by atoms with Crippen molar-refractivity contribution in [2.75, 3.05) is 0 Å². The molecular formula is C15H10Cl3N3O6. The van der Waals surface area contributed by atoms with E-state index in [0.29, 0.717) is 0 Å². The third-order valence-corrected chi connectivity index (χ3v) is 3.74. The van der Waals surface area contributed by atoms with E-state index < -0.39 is 37.1 Å². The minimum atomic E-state index is -2.10. The average Bonchev–Trinajstić information content (AvgIpc) is 2.60. The van der Waals surface area contributed by atoms with Gasteiger partial charge in [-0.1, -0.05) is 53.0 Å². The quantitative estimate of drug-likeness (QED) is 0.317. The molecule has 12 heteroatoms. The summed E-state index contributed by atoms with van der Waals surface area (Å²) < 4.78 is 3.33. The predicted octanol–water partition coefficient (Wildman–Crippen LogP) is 4.01. The second kappa shape index (κ2) is 8.38. The van der Waals surface area contributed by atoms with Gasteiger partial charge in [-0.3, -0.25) is 25.0 Å². The van der Waals surface area contributed by atoms with Gasteiger partial charge < -0.3 is 10.1 Å². The lowest BCUT2D eigenvalue weighted by molar-refractivity contribution is -0.394. The van der Waals surface area contributed by atoms with Gasteiger partial charge in [-0.05, 0) is 12.1 Å². The fourth-order valence-electron chi connectivity index (χ4n) is 1.95. The van der Waals surface area contributed by atoms with Gasteiger partial charge in [0.05, 0.1) is 21.5 Å². The number of nitrogens with zero attached hydrogens (tertiary/aromatic N) is 2. The minimum absolute atomic E-state index is 0.277. The molecule has 1 unspecified atom stereocenters. The number of rotatable bonds is 6. The van der Waals surface area contributed by atoms with Crippen LogP contribution in [0.1, 0.15) is 10.4 Å². The molecule has 9 nitrogen and oxygen atoms in total. The summed E-state index contributed by atoms with van der Waals surface area (Å²) in [6.45, 7) is 0. The number of amides is 1. The number of hydrogen-bond donors (Lipinski definition) is 1. The highest BCUT2D eigenvalue weighted by atomic mass is 35.6. The summed E-state index contributed by atoms with van der Waals surface area (Å²) in [6.07, 6.45) is -1.48. The van der Waals surface area contributed by atoms with Crippen molar-refractivity contribution in [1.29, 1.82) is 0 Å². The number of halogens is 3. The Bertz CT molecular complexity index is 841. The number of non-ortho nitro benzene ring substituents is 2. The van der Waals surface area contributed by atoms with Crippen LogP contribution in [-0.2, 0) is 0 Å². The van der Waals surface area contributed by atoms with E-state index in [1.54, 1.807) is 30.3 Å². The summed E-state index contributed by atoms with van der Waals surface area (Å²) in [6, 6.07) is 10.6. The van der Waals surface area contributed by atoms with Gasteiger partial charge in [0.15, 0.2) is 0 Å². The van der Waals surface area contributed by atoms with E-state index in [1.165, 1.54) is 0 Å². The zero-order valence-electron chi connectivity index (χ0n) is 13.2. The molecule has 0 heterocycles. The first-order chi connectivity index (χ1) is 12.6. The highest BCUT2D eigenvalue weighted by Gasteiger charge is 2.37. The highest BCUT2D eigenvalue weighted by Crippen LogP contribution is 2.32. The molecule has 2 rings (SSSR count). The zero-order chi connectivity index (χ0) is 20.2. The number of nitrogens with one attached hydrogen (secondary N) is 1. The van der Waals surface area contributed by atoms with Crippen molar-refractivity contribution in [3.05, 3.63) is 74.3 Å². The summed E-state index contributed by atoms with van der Waals surface area (Å²) in [5, 5.41) is 24.1. The largest absolute Gasteiger partial charge is 0.466 e. The molecule has 0 aromatic heterocycles. The van der Waals surface area contributed by atoms with Crippen molar-refractivity contribution in [3.63, 3.8) is 0 Å². The summed E-state index contributed by atoms with van der Waals surface area (Å²) in [7, 11) is 0. The van der Waals surface area contributed by atoms with E-state index in [2.05, 4.69) is 5.32 Å². The smallest absolute Gasteiger partial charge is 0.277 e. The fraction of sp³-hybridized carbons (Fsp3) is 0.133. The van der Waals surface area contributed by atoms with Crippen LogP contribution >= 0.6 is 34.8 Å². The van der Waals surface area contributed by atoms with E-state index >= 15 is 0 Å². The summed E-state index contributed by atoms with van der Waals surface area (Å²) in [5.74, 6) is -0.687. The molecular weight excluding hydrogens is 425 g/mol. The second-order valence-electron chi connectivity index (χ2n) is 5.08. The number of carbonyl (C=O) groups is 1. The van der Waals surface area contributed by atoms with Gasteiger partial charge in [-0.25, -0.2) is 0 Å². The summed E-state index contributed by atoms with van der Waals surface area (Å²) >= 11 is 17.5. The topological polar surface area (TPSA) is 125 Å². The Kier molecular flexibility index (Phi) is 6.42. The number of carbonyl (C=O) groups excluding carboxylic acids is 1. The monoisotopic (exact) mass is 433 g/mol. The number of nitro benzene ring substituents is 2. The number of hydrogen-bond acceptors (Lipinski definition) is 6. The van der Waals surface area contributed by atoms with E-state index in [0.717, 1.165) is 18.2 Å². The molecule has 2 aromatic rings. The molecule has 142 valence electrons. The van der Waals surface area contributed by atoms with Crippen molar-refractivity contribution >= 4 is 52.1 Å². The van der Waals surface area contributed by atoms with Crippen molar-refractivity contribution in [2.45, 2.75) is 10.0 Å². The first kappa shape index (κ1) is 20.7. The molecule has 0 fully saturated rings. The van der Waals surface area contributed by atoms with Gasteiger partial charge in [0.25, 0.3) is 17.3 Å². The summed E-state index contributed by atoms with van der Waals surface area (Å²) in [5.41, 5.74) is -1.64. The van der Waals surface area contributed by atoms with Crippen LogP contribution in [0.2, 0.25) is 0 Å². The lowest BCUT2D eigenvalue weighted by atomic mass is 10.1. The number of nitro groups is 2. The van der Waals surface area contributed by atoms with Crippen LogP contribution in [0.5, 0.6) is 5.75 Å². The Morgan fingerprint density at radius 2 is 1.52 bits per heavy atom. The molecule has 0 bridgehead atoms. The molecule has 0 radical (unpaired) electrons. The number of ether oxygens (including phenoxy) is 1. The first-order valence-electron chi connectivity index (χ1n) is 7.11. The Hall–Kier alpha value is -2.62. The average molecular weight is 435 g/mol. The van der Waals surface area contributed by atoms with Crippen molar-refractivity contribution < 1.29 is 19.4 Å². The molecule has 0 aliphatic rings. The maximum Gasteiger partial charge on any atom is 0.277 e. The van der Waals surface area contributed by atoms with Crippen molar-refractivity contribution in [2.24, 2.45) is 0 Å². The van der Waals surface area contributed by atoms with Gasteiger partial charge in [0.1, 0.15) is 5.75 Å². The van der Waals surface area contributed by atoms with E-state index in [-0.39, 0.29) is 11.3 Å². The van der Waals surface area contributed by atoms with Gasteiger partial charge in [-0.15, -0.1) is 0 Å². The van der Waals surface area contributed by atoms with Crippen molar-refractivity contribution in [3.8, 4) is 5.75 Å². The van der Waals surface area contributed by atoms with Crippen LogP contribution in [-0.4, -0.2) is 25.8 Å². The zero-order valence-corrected chi connectivity index (χ0v) is 15.4. The second-order valence-corrected chi connectivity index (χ2v) is 7.45. The van der Waals surface area contributed by atoms with Crippen LogP contribution in [0.3, 0.4) is 0 Å². The van der Waals surface area contributed by atoms with Gasteiger partial charge in [0, 0.05) is 12.1 Å². The molecule has 1 amide bonds. The molecule has 0 aliphatic carbocycles. The number of benzene rings is 2. The Balaban J connectivity index is 2.32. The van der Waals surface area contributed by atoms with E-state index in [9.17, 15) is 25.0 Å². The highest BCUT2D eigenvalue weighted by molar-refractivity contribution is 6.68. The maximum absolute atomic E-state index is 12.4. The lowest BCUT2D eigenvalue weighted by Crippen LogP contribution is -2.47. The molecule has 1 N–H and O–H groups in total. The molecule has 27 heavy (non-hydrogen) atoms. The Labute approximate surface area is 167 Å². The van der Waals surface area contributed by atoms with E-state index in [1.807, 2.05) is 0 Å². The SMILES string of the molecule is O=C(NC(Oc1ccccc1)C(Cl)(Cl)Cl)c1cc([N+](=O)[O-])cc([N+](=O)[O-])c1. The summed E-state index contributed by atoms with van der Waals surface area (Å²) in [4.78, 5) is 32.6. The number of para-hydroxylation sites is 1. The number of alkyl halides is 3. The molecule has 0 spiro atoms. The van der Waals surface area contributed by atoms with Crippen LogP contribution in [0, 0.1) is 20.2 Å². The Morgan fingerprint density at radius 1 is 1.00 bits per heavy atom. The third-order valence-electron chi connectivity index (χ3n) is 3.14. The molecule has 0 aliphatic heterocycles. The molecule has 2 aromatic carbocycles. The first-order valence-corrected chi connectivity index (χ1v) is 8.24. The minimum Gasteiger partial charge on any atom is -0.466 e. The van der Waals surface area contributed by atoms with Gasteiger partial charge in [-0.2, -0.15) is 0 Å². The van der Waals surface area contributed by atoms with Crippen LogP contribution in [0.4, 0.5) is 11.4 Å². The van der Waals surface area contributed by atoms with Gasteiger partial charge >= 0.3 is 0 Å². The molecule has 0 saturated carbocycles. The standard InChI is InChI=1S/C15H10Cl3N3O6/c16-15(17,18)14(27-12-4-2-1-3-5-12)19-13(22)9-6-10(20(23)24)8-11(7-9)21(25)26/h1-8,14H,(H,19,22). The predicted molar refractivity (Wildman–Crippen MR) is 98.4 cm³/mol. The van der Waals surface area contributed by atoms with E-state index in [4.69, 9.17) is 39.5 Å². The normalized spacial score (nSPS) is 12.1. The third kappa shape index (κ3) is 5.68. The van der Waals surface area contributed by atoms with Crippen molar-refractivity contribution in [1.82, 2.24) is 5.32 Å². The molecule has 1 atom stereocenters. The Morgan fingerprint density at radius 3 is 1.96 bits per heavy atom. The van der Waals surface area contributed by atoms with Crippen LogP contribution < -0.4 is 10.1 Å². The van der Waals surface area contributed by atoms with Crippen LogP contribution in [0.15, 0.2) is 48.5 Å². The van der Waals surface area contributed by atoms with Crippen LogP contribution in [0.25, 0.3) is 0 Å². The molecule has 0 saturated heterocycles. The fourth-order valence-corrected chi connectivity index (χ4v) is 2.25. The lowest BCUT2D eigenvalue weighted by Gasteiger charge is -2.26.